The average molecular weight is 939 g/mol. The SMILES string of the molecule is CCOC(=O)c1ccc(C2=NC(c3ccccc3OC)(C3(c4ccccc4OC)N=C(c4ccc(C(=O)OCC)cc4)C(c4ccc(C(=O)OCC)cc4)=N3)N=C2c2ccc(C(=O)OCC)cc2)cc1. The first-order valence-corrected chi connectivity index (χ1v) is 22.8. The Morgan fingerprint density at radius 2 is 0.586 bits per heavy atom. The largest absolute Gasteiger partial charge is 0.496 e. The van der Waals surface area contributed by atoms with Crippen molar-refractivity contribution in [3.8, 4) is 11.5 Å². The number of benzene rings is 6. The molecular weight excluding hydrogens is 889 g/mol. The van der Waals surface area contributed by atoms with E-state index in [1.54, 1.807) is 139 Å². The lowest BCUT2D eigenvalue weighted by molar-refractivity contribution is 0.0516. The van der Waals surface area contributed by atoms with E-state index in [4.69, 9.17) is 48.4 Å². The molecule has 0 fully saturated rings. The maximum Gasteiger partial charge on any atom is 0.338 e. The molecule has 0 saturated heterocycles. The van der Waals surface area contributed by atoms with Crippen molar-refractivity contribution >= 4 is 46.7 Å². The number of carbonyl (C=O) groups excluding carboxylic acids is 4. The van der Waals surface area contributed by atoms with E-state index in [1.807, 2.05) is 48.5 Å². The molecule has 354 valence electrons. The van der Waals surface area contributed by atoms with Crippen LogP contribution in [0.3, 0.4) is 0 Å². The van der Waals surface area contributed by atoms with Crippen molar-refractivity contribution in [3.05, 3.63) is 201 Å². The zero-order chi connectivity index (χ0) is 49.4. The maximum atomic E-state index is 12.9. The van der Waals surface area contributed by atoms with Crippen LogP contribution in [0.5, 0.6) is 11.5 Å². The maximum absolute atomic E-state index is 12.9. The molecule has 0 spiro atoms. The van der Waals surface area contributed by atoms with Crippen LogP contribution in [-0.2, 0) is 30.3 Å². The Labute approximate surface area is 405 Å². The topological polar surface area (TPSA) is 173 Å². The van der Waals surface area contributed by atoms with Crippen molar-refractivity contribution in [2.45, 2.75) is 39.0 Å². The van der Waals surface area contributed by atoms with Crippen molar-refractivity contribution in [2.75, 3.05) is 40.6 Å². The zero-order valence-corrected chi connectivity index (χ0v) is 39.6. The van der Waals surface area contributed by atoms with Crippen LogP contribution in [0.1, 0.15) is 103 Å². The summed E-state index contributed by atoms with van der Waals surface area (Å²) < 4.78 is 33.6. The molecule has 2 aliphatic heterocycles. The van der Waals surface area contributed by atoms with Crippen molar-refractivity contribution in [3.63, 3.8) is 0 Å². The lowest BCUT2D eigenvalue weighted by Gasteiger charge is -2.39. The molecule has 0 radical (unpaired) electrons. The molecule has 0 unspecified atom stereocenters. The summed E-state index contributed by atoms with van der Waals surface area (Å²) in [6, 6.07) is 42.2. The fourth-order valence-electron chi connectivity index (χ4n) is 8.42. The molecule has 0 atom stereocenters. The van der Waals surface area contributed by atoms with Gasteiger partial charge in [-0.1, -0.05) is 84.9 Å². The van der Waals surface area contributed by atoms with Gasteiger partial charge in [-0.2, -0.15) is 0 Å². The summed E-state index contributed by atoms with van der Waals surface area (Å²) in [5.41, 5.74) is 2.51. The van der Waals surface area contributed by atoms with Crippen molar-refractivity contribution in [1.82, 2.24) is 0 Å². The number of methoxy groups -OCH3 is 2. The summed E-state index contributed by atoms with van der Waals surface area (Å²) in [6.45, 7) is 7.78. The number of esters is 4. The quantitative estimate of drug-likeness (QED) is 0.0633. The standard InChI is InChI=1S/C56H50N4O10/c1-7-67-51(61)39-27-19-35(20-28-39)47-48(36-21-29-40(30-22-36)52(62)68-8-2)58-55(57-47,43-15-11-13-17-45(43)65-5)56(44-16-12-14-18-46(44)66-6)59-49(37-23-31-41(32-24-37)53(63)69-9-3)50(60-56)38-25-33-42(34-26-38)54(64)70-10-4/h11-34H,7-10H2,1-6H3. The molecular formula is C56H50N4O10. The molecule has 6 aromatic rings. The normalized spacial score (nSPS) is 14.3. The molecule has 8 rings (SSSR count). The van der Waals surface area contributed by atoms with Gasteiger partial charge in [0.05, 0.1) is 85.7 Å². The molecule has 70 heavy (non-hydrogen) atoms. The van der Waals surface area contributed by atoms with Crippen LogP contribution in [-0.4, -0.2) is 87.4 Å². The van der Waals surface area contributed by atoms with Gasteiger partial charge in [-0.3, -0.25) is 0 Å². The first-order chi connectivity index (χ1) is 34.0. The Hall–Kier alpha value is -8.52. The van der Waals surface area contributed by atoms with Crippen LogP contribution in [0.15, 0.2) is 166 Å². The molecule has 0 N–H and O–H groups in total. The molecule has 0 aliphatic carbocycles. The van der Waals surface area contributed by atoms with Gasteiger partial charge < -0.3 is 28.4 Å². The number of aliphatic imine (C=N–C) groups is 4. The van der Waals surface area contributed by atoms with Crippen LogP contribution in [0.4, 0.5) is 0 Å². The highest BCUT2D eigenvalue weighted by molar-refractivity contribution is 6.56. The molecule has 0 saturated carbocycles. The summed E-state index contributed by atoms with van der Waals surface area (Å²) in [4.78, 5) is 74.7. The zero-order valence-electron chi connectivity index (χ0n) is 39.6. The van der Waals surface area contributed by atoms with Gasteiger partial charge in [-0.05, 0) is 88.4 Å². The minimum Gasteiger partial charge on any atom is -0.496 e. The van der Waals surface area contributed by atoms with E-state index < -0.39 is 35.2 Å². The second kappa shape index (κ2) is 20.8. The van der Waals surface area contributed by atoms with E-state index in [-0.39, 0.29) is 26.4 Å². The van der Waals surface area contributed by atoms with Gasteiger partial charge in [0.15, 0.2) is 0 Å². The molecule has 14 heteroatoms. The highest BCUT2D eigenvalue weighted by atomic mass is 16.5. The lowest BCUT2D eigenvalue weighted by atomic mass is 9.81. The van der Waals surface area contributed by atoms with Gasteiger partial charge in [0.25, 0.3) is 0 Å². The Bertz CT molecular complexity index is 2700. The molecule has 2 aliphatic rings. The summed E-state index contributed by atoms with van der Waals surface area (Å²) >= 11 is 0. The highest BCUT2D eigenvalue weighted by Gasteiger charge is 2.62. The minimum absolute atomic E-state index is 0.203. The third kappa shape index (κ3) is 8.98. The number of hydrogen-bond donors (Lipinski definition) is 0. The molecule has 0 amide bonds. The molecule has 14 nitrogen and oxygen atoms in total. The second-order valence-corrected chi connectivity index (χ2v) is 15.8. The number of para-hydroxylation sites is 2. The second-order valence-electron chi connectivity index (χ2n) is 15.8. The lowest BCUT2D eigenvalue weighted by Crippen LogP contribution is -2.43. The molecule has 2 heterocycles. The van der Waals surface area contributed by atoms with Gasteiger partial charge >= 0.3 is 23.9 Å². The van der Waals surface area contributed by atoms with E-state index >= 15 is 0 Å². The number of nitrogens with zero attached hydrogens (tertiary/aromatic N) is 4. The summed E-state index contributed by atoms with van der Waals surface area (Å²) in [6.07, 6.45) is 0. The fraction of sp³-hybridized carbons (Fsp3) is 0.214. The third-order valence-corrected chi connectivity index (χ3v) is 11.7. The van der Waals surface area contributed by atoms with E-state index in [1.165, 1.54) is 0 Å². The van der Waals surface area contributed by atoms with Gasteiger partial charge in [0.1, 0.15) is 11.5 Å². The first-order valence-electron chi connectivity index (χ1n) is 22.8. The third-order valence-electron chi connectivity index (χ3n) is 11.7. The number of carbonyl (C=O) groups is 4. The van der Waals surface area contributed by atoms with E-state index in [2.05, 4.69) is 0 Å². The van der Waals surface area contributed by atoms with Gasteiger partial charge in [0, 0.05) is 33.4 Å². The Morgan fingerprint density at radius 1 is 0.357 bits per heavy atom. The van der Waals surface area contributed by atoms with Gasteiger partial charge in [-0.15, -0.1) is 0 Å². The predicted molar refractivity (Wildman–Crippen MR) is 265 cm³/mol. The minimum atomic E-state index is -1.87. The average Bonchev–Trinajstić information content (AvgIpc) is 4.02. The fourth-order valence-corrected chi connectivity index (χ4v) is 8.42. The van der Waals surface area contributed by atoms with E-state index in [9.17, 15) is 19.2 Å². The monoisotopic (exact) mass is 938 g/mol. The number of ether oxygens (including phenoxy) is 6. The highest BCUT2D eigenvalue weighted by Crippen LogP contribution is 2.58. The smallest absolute Gasteiger partial charge is 0.338 e. The molecule has 0 bridgehead atoms. The van der Waals surface area contributed by atoms with Crippen LogP contribution in [0.25, 0.3) is 0 Å². The van der Waals surface area contributed by atoms with Crippen LogP contribution < -0.4 is 9.47 Å². The Morgan fingerprint density at radius 3 is 0.800 bits per heavy atom. The summed E-state index contributed by atoms with van der Waals surface area (Å²) in [5, 5.41) is 0. The Balaban J connectivity index is 1.50. The van der Waals surface area contributed by atoms with Crippen LogP contribution in [0, 0.1) is 0 Å². The predicted octanol–water partition coefficient (Wildman–Crippen LogP) is 9.40. The van der Waals surface area contributed by atoms with Crippen molar-refractivity contribution in [1.29, 1.82) is 0 Å². The van der Waals surface area contributed by atoms with Gasteiger partial charge in [-0.25, -0.2) is 39.1 Å². The first kappa shape index (κ1) is 48.0. The summed E-state index contributed by atoms with van der Waals surface area (Å²) in [7, 11) is 3.12. The van der Waals surface area contributed by atoms with E-state index in [0.29, 0.717) is 90.0 Å². The summed E-state index contributed by atoms with van der Waals surface area (Å²) in [5.74, 6) is -1.10. The van der Waals surface area contributed by atoms with Gasteiger partial charge in [0.2, 0.25) is 11.3 Å². The number of rotatable bonds is 17. The molecule has 0 aromatic heterocycles. The van der Waals surface area contributed by atoms with Crippen LogP contribution >= 0.6 is 0 Å². The van der Waals surface area contributed by atoms with Crippen LogP contribution in [0.2, 0.25) is 0 Å². The molecule has 6 aromatic carbocycles. The Kier molecular flexibility index (Phi) is 14.2. The van der Waals surface area contributed by atoms with Crippen molar-refractivity contribution < 1.29 is 47.6 Å². The number of hydrogen-bond acceptors (Lipinski definition) is 14. The van der Waals surface area contributed by atoms with Crippen molar-refractivity contribution in [2.24, 2.45) is 20.0 Å². The van der Waals surface area contributed by atoms with E-state index in [0.717, 1.165) is 0 Å².